The van der Waals surface area contributed by atoms with Gasteiger partial charge in [-0.15, -0.1) is 6.42 Å². The van der Waals surface area contributed by atoms with Crippen LogP contribution in [-0.2, 0) is 0 Å². The van der Waals surface area contributed by atoms with Gasteiger partial charge in [-0.3, -0.25) is 4.90 Å². The molecule has 5 atom stereocenters. The fraction of sp³-hybridized carbons (Fsp3) is 0.550. The van der Waals surface area contributed by atoms with Crippen LogP contribution in [0.15, 0.2) is 24.0 Å². The molecule has 2 N–H and O–H groups in total. The van der Waals surface area contributed by atoms with Gasteiger partial charge in [0.15, 0.2) is 5.82 Å². The van der Waals surface area contributed by atoms with Gasteiger partial charge in [0.1, 0.15) is 17.2 Å². The van der Waals surface area contributed by atoms with Gasteiger partial charge in [-0.05, 0) is 91.7 Å². The van der Waals surface area contributed by atoms with Gasteiger partial charge in [0.25, 0.3) is 0 Å². The number of halogens is 2. The van der Waals surface area contributed by atoms with E-state index in [2.05, 4.69) is 21.0 Å². The molecule has 0 spiro atoms. The van der Waals surface area contributed by atoms with Gasteiger partial charge in [-0.25, -0.2) is 8.78 Å². The summed E-state index contributed by atoms with van der Waals surface area (Å²) in [6.45, 7) is 8.37. The van der Waals surface area contributed by atoms with Crippen molar-refractivity contribution < 1.29 is 18.6 Å². The SMILES string of the molecule is C#Cc1c(F)ccc2c1C(c1c(C(C)C)cc3c(N4CC5CCC(C4)N5)nc(OCC4(CN5C[C@H]6CC[C@@H]5C6)CC4)nc3c1F)CC(O)=C2. The van der Waals surface area contributed by atoms with Gasteiger partial charge in [-0.2, -0.15) is 9.97 Å². The standard InChI is InChI=1S/C40H45F2N5O2/c1-4-29-33(41)10-6-24-14-28(48)15-31(34(24)29)35-30(22(2)3)16-32-37(36(35)42)44-39(45-38(32)46-18-25-7-8-26(19-46)43-25)49-21-40(11-12-40)20-47-17-23-5-9-27(47)13-23/h1,6,10,14,16,22-23,25-27,31,43,48H,5,7-9,11-13,15,17-21H2,2-3H3/t23-,25?,26?,27+,31?/m0/s1. The van der Waals surface area contributed by atoms with E-state index in [4.69, 9.17) is 21.1 Å². The lowest BCUT2D eigenvalue weighted by Gasteiger charge is -2.35. The number of likely N-dealkylation sites (tertiary alicyclic amines) is 1. The molecule has 3 aliphatic heterocycles. The molecule has 0 radical (unpaired) electrons. The molecule has 5 fully saturated rings. The average molecular weight is 666 g/mol. The van der Waals surface area contributed by atoms with Crippen molar-refractivity contribution in [3.8, 4) is 18.4 Å². The van der Waals surface area contributed by atoms with Gasteiger partial charge in [0.2, 0.25) is 0 Å². The zero-order chi connectivity index (χ0) is 33.6. The third kappa shape index (κ3) is 5.38. The number of benzene rings is 2. The predicted octanol–water partition coefficient (Wildman–Crippen LogP) is 7.03. The van der Waals surface area contributed by atoms with Crippen LogP contribution in [0.25, 0.3) is 17.0 Å². The first-order valence-corrected chi connectivity index (χ1v) is 18.3. The van der Waals surface area contributed by atoms with E-state index in [0.29, 0.717) is 52.6 Å². The van der Waals surface area contributed by atoms with Crippen LogP contribution in [0.2, 0.25) is 0 Å². The number of allylic oxidation sites excluding steroid dienone is 1. The van der Waals surface area contributed by atoms with Crippen LogP contribution < -0.4 is 15.0 Å². The van der Waals surface area contributed by atoms with Gasteiger partial charge in [0, 0.05) is 73.0 Å². The number of piperidine rings is 1. The molecule has 4 heterocycles. The topological polar surface area (TPSA) is 73.8 Å². The van der Waals surface area contributed by atoms with Crippen molar-refractivity contribution in [1.82, 2.24) is 20.2 Å². The number of anilines is 1. The Balaban J connectivity index is 1.15. The predicted molar refractivity (Wildman–Crippen MR) is 187 cm³/mol. The van der Waals surface area contributed by atoms with Crippen molar-refractivity contribution in [2.75, 3.05) is 37.7 Å². The molecule has 0 amide bonds. The first kappa shape index (κ1) is 31.3. The minimum absolute atomic E-state index is 0.0770. The number of ether oxygens (including phenoxy) is 1. The van der Waals surface area contributed by atoms with E-state index in [9.17, 15) is 5.11 Å². The van der Waals surface area contributed by atoms with E-state index in [1.165, 1.54) is 31.9 Å². The molecule has 3 saturated heterocycles. The first-order chi connectivity index (χ1) is 23.7. The van der Waals surface area contributed by atoms with E-state index in [-0.39, 0.29) is 40.6 Å². The van der Waals surface area contributed by atoms with Gasteiger partial charge in [-0.1, -0.05) is 25.8 Å². The van der Waals surface area contributed by atoms with E-state index in [1.807, 2.05) is 19.9 Å². The highest BCUT2D eigenvalue weighted by Gasteiger charge is 2.49. The molecule has 9 heteroatoms. The highest BCUT2D eigenvalue weighted by molar-refractivity contribution is 5.92. The maximum absolute atomic E-state index is 17.5. The number of hydrogen-bond acceptors (Lipinski definition) is 7. The maximum atomic E-state index is 17.5. The summed E-state index contributed by atoms with van der Waals surface area (Å²) < 4.78 is 39.2. The van der Waals surface area contributed by atoms with Crippen molar-refractivity contribution in [2.24, 2.45) is 11.3 Å². The van der Waals surface area contributed by atoms with Crippen LogP contribution in [0.4, 0.5) is 14.6 Å². The fourth-order valence-electron chi connectivity index (χ4n) is 9.78. The zero-order valence-corrected chi connectivity index (χ0v) is 28.4. The number of aliphatic hydroxyl groups is 1. The second-order valence-electron chi connectivity index (χ2n) is 16.1. The van der Waals surface area contributed by atoms with E-state index < -0.39 is 17.6 Å². The van der Waals surface area contributed by atoms with Gasteiger partial charge >= 0.3 is 6.01 Å². The lowest BCUT2D eigenvalue weighted by molar-refractivity contribution is 0.130. The number of aliphatic hydroxyl groups excluding tert-OH is 1. The Kier molecular flexibility index (Phi) is 7.44. The first-order valence-electron chi connectivity index (χ1n) is 18.3. The molecule has 49 heavy (non-hydrogen) atoms. The summed E-state index contributed by atoms with van der Waals surface area (Å²) in [5, 5.41) is 15.2. The third-order valence-corrected chi connectivity index (χ3v) is 12.4. The quantitative estimate of drug-likeness (QED) is 0.251. The molecule has 2 saturated carbocycles. The zero-order valence-electron chi connectivity index (χ0n) is 28.4. The van der Waals surface area contributed by atoms with Crippen LogP contribution in [0.1, 0.15) is 105 Å². The third-order valence-electron chi connectivity index (χ3n) is 12.4. The number of nitrogens with one attached hydrogen (secondary N) is 1. The Hall–Kier alpha value is -3.74. The molecule has 3 unspecified atom stereocenters. The highest BCUT2D eigenvalue weighted by atomic mass is 19.1. The maximum Gasteiger partial charge on any atom is 0.319 e. The molecule has 1 aromatic heterocycles. The van der Waals surface area contributed by atoms with Crippen molar-refractivity contribution in [1.29, 1.82) is 0 Å². The lowest BCUT2D eigenvalue weighted by atomic mass is 9.75. The minimum atomic E-state index is -0.688. The summed E-state index contributed by atoms with van der Waals surface area (Å²) in [6, 6.07) is 6.57. The number of piperazine rings is 1. The molecular formula is C40H45F2N5O2. The summed E-state index contributed by atoms with van der Waals surface area (Å²) >= 11 is 0. The molecule has 7 nitrogen and oxygen atoms in total. The highest BCUT2D eigenvalue weighted by Crippen LogP contribution is 2.50. The lowest BCUT2D eigenvalue weighted by Crippen LogP contribution is -2.51. The van der Waals surface area contributed by atoms with Crippen LogP contribution in [0, 0.1) is 35.3 Å². The molecule has 9 rings (SSSR count). The number of nitrogens with zero attached hydrogens (tertiary/aromatic N) is 4. The Bertz CT molecular complexity index is 1900. The number of rotatable bonds is 8. The van der Waals surface area contributed by atoms with Crippen molar-refractivity contribution in [2.45, 2.75) is 95.2 Å². The van der Waals surface area contributed by atoms with Crippen LogP contribution in [-0.4, -0.2) is 70.9 Å². The Labute approximate surface area is 287 Å². The number of terminal acetylenes is 1. The Morgan fingerprint density at radius 3 is 2.55 bits per heavy atom. The second kappa shape index (κ2) is 11.7. The molecule has 4 bridgehead atoms. The minimum Gasteiger partial charge on any atom is -0.512 e. The largest absolute Gasteiger partial charge is 0.512 e. The number of fused-ring (bicyclic) bond motifs is 6. The van der Waals surface area contributed by atoms with Crippen LogP contribution in [0.5, 0.6) is 6.01 Å². The monoisotopic (exact) mass is 665 g/mol. The molecule has 6 aliphatic rings. The van der Waals surface area contributed by atoms with E-state index in [1.54, 1.807) is 12.1 Å². The summed E-state index contributed by atoms with van der Waals surface area (Å²) in [6.07, 6.45) is 16.0. The van der Waals surface area contributed by atoms with E-state index in [0.717, 1.165) is 56.8 Å². The fourth-order valence-corrected chi connectivity index (χ4v) is 9.78. The van der Waals surface area contributed by atoms with Crippen molar-refractivity contribution in [3.05, 3.63) is 63.4 Å². The van der Waals surface area contributed by atoms with Crippen LogP contribution in [0.3, 0.4) is 0 Å². The molecule has 3 aliphatic carbocycles. The molecule has 3 aromatic rings. The van der Waals surface area contributed by atoms with Gasteiger partial charge in [0.05, 0.1) is 17.9 Å². The summed E-state index contributed by atoms with van der Waals surface area (Å²) in [5.74, 6) is 2.39. The smallest absolute Gasteiger partial charge is 0.319 e. The molecular weight excluding hydrogens is 620 g/mol. The van der Waals surface area contributed by atoms with Crippen molar-refractivity contribution in [3.63, 3.8) is 0 Å². The summed E-state index contributed by atoms with van der Waals surface area (Å²) in [5.41, 5.74) is 2.68. The second-order valence-corrected chi connectivity index (χ2v) is 16.1. The molecule has 256 valence electrons. The number of aromatic nitrogens is 2. The summed E-state index contributed by atoms with van der Waals surface area (Å²) in [7, 11) is 0. The normalized spacial score (nSPS) is 28.2. The number of hydrogen-bond donors (Lipinski definition) is 2. The Morgan fingerprint density at radius 1 is 1.08 bits per heavy atom. The Morgan fingerprint density at radius 2 is 1.88 bits per heavy atom. The van der Waals surface area contributed by atoms with E-state index >= 15 is 8.78 Å². The van der Waals surface area contributed by atoms with Crippen LogP contribution >= 0.6 is 0 Å². The van der Waals surface area contributed by atoms with Gasteiger partial charge < -0.3 is 20.1 Å². The molecule has 2 aromatic carbocycles. The average Bonchev–Trinajstić information content (AvgIpc) is 3.34. The van der Waals surface area contributed by atoms with Crippen molar-refractivity contribution >= 4 is 22.8 Å². The summed E-state index contributed by atoms with van der Waals surface area (Å²) in [4.78, 5) is 14.8.